The second-order valence-corrected chi connectivity index (χ2v) is 4.05. The topological polar surface area (TPSA) is 87.3 Å². The molecule has 6 heteroatoms. The van der Waals surface area contributed by atoms with Crippen molar-refractivity contribution in [3.8, 4) is 0 Å². The molecule has 102 valence electrons. The van der Waals surface area contributed by atoms with E-state index in [0.29, 0.717) is 0 Å². The van der Waals surface area contributed by atoms with Crippen molar-refractivity contribution < 1.29 is 5.11 Å². The molecule has 6 nitrogen and oxygen atoms in total. The second-order valence-electron chi connectivity index (χ2n) is 4.05. The molecule has 1 aromatic rings. The Labute approximate surface area is 108 Å². The molecule has 0 saturated heterocycles. The third kappa shape index (κ3) is 4.37. The molecule has 0 unspecified atom stereocenters. The van der Waals surface area contributed by atoms with Gasteiger partial charge in [-0.25, -0.2) is 0 Å². The summed E-state index contributed by atoms with van der Waals surface area (Å²) in [6.45, 7) is 6.77. The molecule has 0 aliphatic heterocycles. The zero-order valence-corrected chi connectivity index (χ0v) is 11.2. The van der Waals surface area contributed by atoms with Crippen LogP contribution in [0.2, 0.25) is 0 Å². The molecule has 18 heavy (non-hydrogen) atoms. The van der Waals surface area contributed by atoms with Gasteiger partial charge in [0.15, 0.2) is 0 Å². The SMILES string of the molecule is CCCNc1cc(N(CC)CCCO)nc(N)n1. The first-order valence-corrected chi connectivity index (χ1v) is 6.45. The van der Waals surface area contributed by atoms with Gasteiger partial charge in [-0.15, -0.1) is 0 Å². The van der Waals surface area contributed by atoms with E-state index in [1.54, 1.807) is 0 Å². The molecule has 0 fully saturated rings. The fourth-order valence-corrected chi connectivity index (χ4v) is 1.65. The molecule has 0 radical (unpaired) electrons. The van der Waals surface area contributed by atoms with Gasteiger partial charge in [-0.05, 0) is 19.8 Å². The van der Waals surface area contributed by atoms with Crippen molar-refractivity contribution in [3.63, 3.8) is 0 Å². The van der Waals surface area contributed by atoms with Crippen LogP contribution in [0.5, 0.6) is 0 Å². The minimum atomic E-state index is 0.179. The molecule has 0 saturated carbocycles. The molecule has 1 heterocycles. The first kappa shape index (κ1) is 14.5. The summed E-state index contributed by atoms with van der Waals surface area (Å²) in [7, 11) is 0. The average Bonchev–Trinajstić information content (AvgIpc) is 2.37. The molecule has 0 aromatic carbocycles. The van der Waals surface area contributed by atoms with Crippen LogP contribution >= 0.6 is 0 Å². The third-order valence-electron chi connectivity index (χ3n) is 2.58. The van der Waals surface area contributed by atoms with Crippen LogP contribution in [0.1, 0.15) is 26.7 Å². The van der Waals surface area contributed by atoms with Crippen molar-refractivity contribution in [2.75, 3.05) is 42.2 Å². The average molecular weight is 253 g/mol. The number of aliphatic hydroxyl groups is 1. The summed E-state index contributed by atoms with van der Waals surface area (Å²) in [6.07, 6.45) is 1.75. The Morgan fingerprint density at radius 2 is 2.17 bits per heavy atom. The Kier molecular flexibility index (Phi) is 6.21. The summed E-state index contributed by atoms with van der Waals surface area (Å²) >= 11 is 0. The summed E-state index contributed by atoms with van der Waals surface area (Å²) in [5.74, 6) is 1.83. The molecule has 0 bridgehead atoms. The van der Waals surface area contributed by atoms with Crippen molar-refractivity contribution in [1.29, 1.82) is 0 Å². The highest BCUT2D eigenvalue weighted by Gasteiger charge is 2.08. The van der Waals surface area contributed by atoms with Gasteiger partial charge in [0.1, 0.15) is 11.6 Å². The van der Waals surface area contributed by atoms with E-state index in [4.69, 9.17) is 10.8 Å². The second kappa shape index (κ2) is 7.71. The van der Waals surface area contributed by atoms with E-state index in [9.17, 15) is 0 Å². The molecule has 1 rings (SSSR count). The van der Waals surface area contributed by atoms with Crippen LogP contribution in [-0.4, -0.2) is 41.3 Å². The van der Waals surface area contributed by atoms with E-state index >= 15 is 0 Å². The van der Waals surface area contributed by atoms with Crippen LogP contribution in [0.3, 0.4) is 0 Å². The number of hydrogen-bond acceptors (Lipinski definition) is 6. The van der Waals surface area contributed by atoms with E-state index in [-0.39, 0.29) is 12.6 Å². The normalized spacial score (nSPS) is 10.4. The Bertz CT molecular complexity index is 358. The van der Waals surface area contributed by atoms with Gasteiger partial charge in [0.05, 0.1) is 0 Å². The van der Waals surface area contributed by atoms with Crippen molar-refractivity contribution in [2.24, 2.45) is 0 Å². The van der Waals surface area contributed by atoms with Crippen LogP contribution < -0.4 is 16.0 Å². The summed E-state index contributed by atoms with van der Waals surface area (Å²) < 4.78 is 0. The zero-order chi connectivity index (χ0) is 13.4. The number of nitrogens with one attached hydrogen (secondary N) is 1. The van der Waals surface area contributed by atoms with E-state index < -0.39 is 0 Å². The minimum Gasteiger partial charge on any atom is -0.396 e. The first-order valence-electron chi connectivity index (χ1n) is 6.45. The Balaban J connectivity index is 2.81. The van der Waals surface area contributed by atoms with Gasteiger partial charge in [0.2, 0.25) is 5.95 Å². The minimum absolute atomic E-state index is 0.179. The lowest BCUT2D eigenvalue weighted by atomic mass is 10.3. The van der Waals surface area contributed by atoms with Crippen molar-refractivity contribution in [3.05, 3.63) is 6.07 Å². The fraction of sp³-hybridized carbons (Fsp3) is 0.667. The monoisotopic (exact) mass is 253 g/mol. The Hall–Kier alpha value is -1.56. The highest BCUT2D eigenvalue weighted by atomic mass is 16.3. The molecule has 0 aliphatic rings. The van der Waals surface area contributed by atoms with Crippen molar-refractivity contribution in [2.45, 2.75) is 26.7 Å². The van der Waals surface area contributed by atoms with E-state index in [1.807, 2.05) is 6.07 Å². The number of aliphatic hydroxyl groups excluding tert-OH is 1. The lowest BCUT2D eigenvalue weighted by Gasteiger charge is -2.22. The largest absolute Gasteiger partial charge is 0.396 e. The zero-order valence-electron chi connectivity index (χ0n) is 11.2. The van der Waals surface area contributed by atoms with Gasteiger partial charge < -0.3 is 21.1 Å². The Morgan fingerprint density at radius 1 is 1.39 bits per heavy atom. The number of nitrogens with two attached hydrogens (primary N) is 1. The van der Waals surface area contributed by atoms with Crippen LogP contribution in [-0.2, 0) is 0 Å². The number of anilines is 3. The van der Waals surface area contributed by atoms with Gasteiger partial charge >= 0.3 is 0 Å². The lowest BCUT2D eigenvalue weighted by molar-refractivity contribution is 0.289. The highest BCUT2D eigenvalue weighted by Crippen LogP contribution is 2.17. The maximum absolute atomic E-state index is 8.89. The smallest absolute Gasteiger partial charge is 0.223 e. The molecule has 0 amide bonds. The molecule has 4 N–H and O–H groups in total. The maximum Gasteiger partial charge on any atom is 0.223 e. The van der Waals surface area contributed by atoms with Gasteiger partial charge in [-0.1, -0.05) is 6.92 Å². The van der Waals surface area contributed by atoms with Gasteiger partial charge in [0, 0.05) is 32.3 Å². The van der Waals surface area contributed by atoms with Crippen molar-refractivity contribution >= 4 is 17.6 Å². The van der Waals surface area contributed by atoms with E-state index in [1.165, 1.54) is 0 Å². The van der Waals surface area contributed by atoms with E-state index in [2.05, 4.69) is 34.0 Å². The van der Waals surface area contributed by atoms with Crippen LogP contribution in [0.4, 0.5) is 17.6 Å². The lowest BCUT2D eigenvalue weighted by Crippen LogP contribution is -2.26. The number of nitrogens with zero attached hydrogens (tertiary/aromatic N) is 3. The predicted octanol–water partition coefficient (Wildman–Crippen LogP) is 1.09. The fourth-order valence-electron chi connectivity index (χ4n) is 1.65. The highest BCUT2D eigenvalue weighted by molar-refractivity contribution is 5.52. The number of rotatable bonds is 8. The van der Waals surface area contributed by atoms with Gasteiger partial charge in [0.25, 0.3) is 0 Å². The number of aromatic nitrogens is 2. The molecule has 0 atom stereocenters. The summed E-state index contributed by atoms with van der Waals surface area (Å²) in [5.41, 5.74) is 5.71. The first-order chi connectivity index (χ1) is 8.71. The standard InChI is InChI=1S/C12H23N5O/c1-3-6-14-10-9-11(16-12(13)15-10)17(4-2)7-5-8-18/h9,18H,3-8H2,1-2H3,(H3,13,14,15,16). The van der Waals surface area contributed by atoms with Gasteiger partial charge in [-0.3, -0.25) is 0 Å². The number of hydrogen-bond donors (Lipinski definition) is 3. The molecular formula is C12H23N5O. The summed E-state index contributed by atoms with van der Waals surface area (Å²) in [4.78, 5) is 10.5. The number of nitrogen functional groups attached to an aromatic ring is 1. The van der Waals surface area contributed by atoms with Crippen LogP contribution in [0, 0.1) is 0 Å². The maximum atomic E-state index is 8.89. The molecule has 1 aromatic heterocycles. The molecule has 0 aliphatic carbocycles. The molecular weight excluding hydrogens is 230 g/mol. The van der Waals surface area contributed by atoms with Gasteiger partial charge in [-0.2, -0.15) is 9.97 Å². The quantitative estimate of drug-likeness (QED) is 0.643. The molecule has 0 spiro atoms. The van der Waals surface area contributed by atoms with Crippen LogP contribution in [0.15, 0.2) is 6.07 Å². The summed E-state index contributed by atoms with van der Waals surface area (Å²) in [6, 6.07) is 1.90. The predicted molar refractivity (Wildman–Crippen MR) is 74.8 cm³/mol. The van der Waals surface area contributed by atoms with Crippen LogP contribution in [0.25, 0.3) is 0 Å². The van der Waals surface area contributed by atoms with Crippen molar-refractivity contribution in [1.82, 2.24) is 9.97 Å². The third-order valence-corrected chi connectivity index (χ3v) is 2.58. The summed E-state index contributed by atoms with van der Waals surface area (Å²) in [5, 5.41) is 12.1. The Morgan fingerprint density at radius 3 is 2.78 bits per heavy atom. The van der Waals surface area contributed by atoms with E-state index in [0.717, 1.165) is 44.1 Å².